The van der Waals surface area contributed by atoms with Crippen LogP contribution in [-0.2, 0) is 29.4 Å². The molecule has 0 unspecified atom stereocenters. The largest absolute Gasteiger partial charge is 1.00 e. The normalized spacial score (nSPS) is 11.8. The van der Waals surface area contributed by atoms with Gasteiger partial charge in [0.05, 0.1) is 4.90 Å². The predicted octanol–water partition coefficient (Wildman–Crippen LogP) is 20.3. The summed E-state index contributed by atoms with van der Waals surface area (Å²) in [6.45, 7) is 6.89. The number of aryl methyl sites for hydroxylation is 1. The van der Waals surface area contributed by atoms with Crippen molar-refractivity contribution in [3.05, 3.63) is 41.0 Å². The summed E-state index contributed by atoms with van der Waals surface area (Å²) in [6, 6.07) is 8.03. The first-order valence-electron chi connectivity index (χ1n) is 32.5. The standard InChI is InChI=1S/C67H122O3S.Na/c1-4-7-10-13-16-19-22-25-28-31-34-37-40-43-46-49-52-57-62-63(58-53-50-47-44-41-38-35-32-29-26-23-20-17-14-11-8-5-2)65(67(71(68,69)70)66-61-56-55-59-64(62)66)60-54-51-48-45-42-39-36-33-30-27-24-21-18-15-12-9-6-3;/h55-56,59,61H,4-54,57-58,60H2,1-3H3,(H,68,69,70);/q;+1/p-1. The van der Waals surface area contributed by atoms with E-state index in [9.17, 15) is 13.0 Å². The molecule has 414 valence electrons. The Morgan fingerprint density at radius 1 is 0.278 bits per heavy atom. The van der Waals surface area contributed by atoms with Gasteiger partial charge in [-0.2, -0.15) is 0 Å². The van der Waals surface area contributed by atoms with Gasteiger partial charge in [0, 0.05) is 0 Å². The molecule has 0 amide bonds. The maximum absolute atomic E-state index is 13.3. The molecule has 2 rings (SSSR count). The van der Waals surface area contributed by atoms with Crippen LogP contribution in [0.3, 0.4) is 0 Å². The van der Waals surface area contributed by atoms with Crippen molar-refractivity contribution in [3.8, 4) is 0 Å². The molecule has 0 aromatic heterocycles. The average molecular weight is 1030 g/mol. The molecule has 0 aliphatic rings. The summed E-state index contributed by atoms with van der Waals surface area (Å²) in [5.74, 6) is 0. The van der Waals surface area contributed by atoms with Gasteiger partial charge in [-0.25, -0.2) is 8.42 Å². The van der Waals surface area contributed by atoms with Gasteiger partial charge in [0.25, 0.3) is 0 Å². The fourth-order valence-electron chi connectivity index (χ4n) is 11.8. The molecular weight excluding hydrogens is 908 g/mol. The Hall–Kier alpha value is -0.390. The van der Waals surface area contributed by atoms with Crippen molar-refractivity contribution in [1.29, 1.82) is 0 Å². The monoisotopic (exact) mass is 1030 g/mol. The summed E-state index contributed by atoms with van der Waals surface area (Å²) in [7, 11) is -4.64. The van der Waals surface area contributed by atoms with E-state index in [1.165, 1.54) is 313 Å². The van der Waals surface area contributed by atoms with E-state index < -0.39 is 10.1 Å². The Morgan fingerprint density at radius 3 is 0.708 bits per heavy atom. The first-order chi connectivity index (χ1) is 35.0. The van der Waals surface area contributed by atoms with Crippen LogP contribution in [0.1, 0.15) is 365 Å². The summed E-state index contributed by atoms with van der Waals surface area (Å²) >= 11 is 0. The minimum Gasteiger partial charge on any atom is -0.744 e. The smallest absolute Gasteiger partial charge is 0.744 e. The van der Waals surface area contributed by atoms with Crippen molar-refractivity contribution in [3.63, 3.8) is 0 Å². The van der Waals surface area contributed by atoms with E-state index in [1.807, 2.05) is 12.1 Å². The quantitative estimate of drug-likeness (QED) is 0.0377. The third-order valence-electron chi connectivity index (χ3n) is 16.3. The van der Waals surface area contributed by atoms with Crippen LogP contribution < -0.4 is 29.6 Å². The van der Waals surface area contributed by atoms with Crippen LogP contribution in [0, 0.1) is 0 Å². The molecule has 72 heavy (non-hydrogen) atoms. The van der Waals surface area contributed by atoms with Gasteiger partial charge >= 0.3 is 29.6 Å². The van der Waals surface area contributed by atoms with Crippen molar-refractivity contribution in [2.24, 2.45) is 0 Å². The number of rotatable bonds is 55. The maximum atomic E-state index is 13.3. The van der Waals surface area contributed by atoms with Gasteiger partial charge in [0.1, 0.15) is 10.1 Å². The molecule has 0 heterocycles. The Bertz CT molecular complexity index is 1570. The number of hydrogen-bond acceptors (Lipinski definition) is 3. The van der Waals surface area contributed by atoms with Crippen LogP contribution >= 0.6 is 0 Å². The molecule has 0 aliphatic carbocycles. The maximum Gasteiger partial charge on any atom is 1.00 e. The predicted molar refractivity (Wildman–Crippen MR) is 316 cm³/mol. The van der Waals surface area contributed by atoms with E-state index in [0.29, 0.717) is 11.8 Å². The molecule has 0 saturated carbocycles. The van der Waals surface area contributed by atoms with E-state index in [0.717, 1.165) is 49.5 Å². The molecule has 0 bridgehead atoms. The van der Waals surface area contributed by atoms with Crippen molar-refractivity contribution >= 4 is 20.9 Å². The molecule has 0 aliphatic heterocycles. The first-order valence-corrected chi connectivity index (χ1v) is 33.9. The van der Waals surface area contributed by atoms with E-state index in [2.05, 4.69) is 32.9 Å². The van der Waals surface area contributed by atoms with Crippen molar-refractivity contribution in [2.45, 2.75) is 372 Å². The van der Waals surface area contributed by atoms with Crippen LogP contribution in [0.4, 0.5) is 0 Å². The molecule has 2 aromatic rings. The van der Waals surface area contributed by atoms with Crippen LogP contribution in [-0.4, -0.2) is 13.0 Å². The molecule has 0 N–H and O–H groups in total. The van der Waals surface area contributed by atoms with E-state index in [-0.39, 0.29) is 34.5 Å². The molecule has 3 nitrogen and oxygen atoms in total. The van der Waals surface area contributed by atoms with Crippen LogP contribution in [0.15, 0.2) is 29.2 Å². The van der Waals surface area contributed by atoms with Gasteiger partial charge in [0.15, 0.2) is 0 Å². The number of hydrogen-bond donors (Lipinski definition) is 0. The zero-order valence-electron chi connectivity index (χ0n) is 49.1. The third-order valence-corrected chi connectivity index (χ3v) is 17.3. The second kappa shape index (κ2) is 51.4. The molecule has 0 fully saturated rings. The van der Waals surface area contributed by atoms with E-state index >= 15 is 0 Å². The van der Waals surface area contributed by atoms with Gasteiger partial charge in [-0.05, 0) is 66.0 Å². The number of fused-ring (bicyclic) bond motifs is 1. The minimum atomic E-state index is -4.64. The summed E-state index contributed by atoms with van der Waals surface area (Å²) in [5, 5.41) is 1.70. The number of benzene rings is 2. The van der Waals surface area contributed by atoms with Gasteiger partial charge in [-0.1, -0.05) is 353 Å². The van der Waals surface area contributed by atoms with Crippen LogP contribution in [0.25, 0.3) is 10.8 Å². The molecule has 0 radical (unpaired) electrons. The molecule has 5 heteroatoms. The molecule has 0 saturated heterocycles. The molecule has 0 spiro atoms. The van der Waals surface area contributed by atoms with Crippen molar-refractivity contribution < 1.29 is 42.5 Å². The summed E-state index contributed by atoms with van der Waals surface area (Å²) in [4.78, 5) is 0.109. The van der Waals surface area contributed by atoms with Crippen molar-refractivity contribution in [2.75, 3.05) is 0 Å². The zero-order valence-corrected chi connectivity index (χ0v) is 51.9. The topological polar surface area (TPSA) is 57.2 Å². The minimum absolute atomic E-state index is 0. The third kappa shape index (κ3) is 37.4. The van der Waals surface area contributed by atoms with Gasteiger partial charge < -0.3 is 4.55 Å². The Balaban J connectivity index is 0.0000259. The number of unbranched alkanes of at least 4 members (excludes halogenated alkanes) is 48. The van der Waals surface area contributed by atoms with E-state index in [4.69, 9.17) is 0 Å². The van der Waals surface area contributed by atoms with Gasteiger partial charge in [-0.3, -0.25) is 0 Å². The second-order valence-corrected chi connectivity index (χ2v) is 24.3. The van der Waals surface area contributed by atoms with Crippen LogP contribution in [0.5, 0.6) is 0 Å². The van der Waals surface area contributed by atoms with Crippen molar-refractivity contribution in [1.82, 2.24) is 0 Å². The van der Waals surface area contributed by atoms with E-state index in [1.54, 1.807) is 0 Å². The zero-order chi connectivity index (χ0) is 51.0. The Labute approximate surface area is 473 Å². The van der Waals surface area contributed by atoms with Gasteiger partial charge in [0.2, 0.25) is 0 Å². The Morgan fingerprint density at radius 2 is 0.472 bits per heavy atom. The summed E-state index contributed by atoms with van der Waals surface area (Å²) in [5.41, 5.74) is 3.47. The van der Waals surface area contributed by atoms with Crippen LogP contribution in [0.2, 0.25) is 0 Å². The summed E-state index contributed by atoms with van der Waals surface area (Å²) < 4.78 is 40.0. The molecule has 2 aromatic carbocycles. The molecule has 0 atom stereocenters. The average Bonchev–Trinajstić information content (AvgIpc) is 3.36. The Kier molecular flexibility index (Phi) is 49.7. The van der Waals surface area contributed by atoms with Gasteiger partial charge in [-0.15, -0.1) is 0 Å². The fraction of sp³-hybridized carbons (Fsp3) is 0.851. The first kappa shape index (κ1) is 69.6. The fourth-order valence-corrected chi connectivity index (χ4v) is 12.8. The summed E-state index contributed by atoms with van der Waals surface area (Å²) in [6.07, 6.45) is 71.4. The molecular formula is C67H121NaO3S. The SMILES string of the molecule is CCCCCCCCCCCCCCCCCCCc1c(CCCCCCCCCCCCCCCCCCC)c(S(=O)(=O)[O-])c2ccccc2c1CCCCCCCCCCCCCCCCCCC.[Na+]. The second-order valence-electron chi connectivity index (χ2n) is 23.0.